The molecule has 3 rings (SSSR count). The Morgan fingerprint density at radius 1 is 1.29 bits per heavy atom. The van der Waals surface area contributed by atoms with E-state index in [4.69, 9.17) is 0 Å². The van der Waals surface area contributed by atoms with E-state index in [-0.39, 0.29) is 17.6 Å². The van der Waals surface area contributed by atoms with Crippen molar-refractivity contribution < 1.29 is 4.79 Å². The molecule has 0 fully saturated rings. The second kappa shape index (κ2) is 8.15. The molecule has 0 aromatic carbocycles. The molecule has 6 heteroatoms. The van der Waals surface area contributed by atoms with Crippen LogP contribution in [-0.4, -0.2) is 17.1 Å². The maximum Gasteiger partial charge on any atom is 0.315 e. The van der Waals surface area contributed by atoms with E-state index in [0.717, 1.165) is 32.1 Å². The topological polar surface area (TPSA) is 63.1 Å². The lowest BCUT2D eigenvalue weighted by atomic mass is 9.94. The van der Waals surface area contributed by atoms with Gasteiger partial charge in [0.15, 0.2) is 0 Å². The smallest absolute Gasteiger partial charge is 0.315 e. The van der Waals surface area contributed by atoms with Crippen molar-refractivity contribution in [3.05, 3.63) is 56.6 Å². The lowest BCUT2D eigenvalue weighted by Gasteiger charge is -2.23. The Bertz CT molecular complexity index is 738. The van der Waals surface area contributed by atoms with Gasteiger partial charge in [-0.05, 0) is 55.2 Å². The zero-order valence-corrected chi connectivity index (χ0v) is 14.5. The van der Waals surface area contributed by atoms with E-state index in [0.29, 0.717) is 13.1 Å². The Labute approximate surface area is 145 Å². The molecule has 2 amide bonds. The molecule has 1 atom stereocenters. The van der Waals surface area contributed by atoms with Gasteiger partial charge in [-0.3, -0.25) is 4.79 Å². The number of unbranched alkanes of at least 4 members (excludes halogenated alkanes) is 1. The van der Waals surface area contributed by atoms with Gasteiger partial charge >= 0.3 is 6.03 Å². The molecule has 0 spiro atoms. The molecule has 128 valence electrons. The van der Waals surface area contributed by atoms with Crippen LogP contribution in [0.4, 0.5) is 4.79 Å². The lowest BCUT2D eigenvalue weighted by molar-refractivity contribution is 0.235. The van der Waals surface area contributed by atoms with Crippen LogP contribution in [0.2, 0.25) is 0 Å². The zero-order valence-electron chi connectivity index (χ0n) is 13.7. The van der Waals surface area contributed by atoms with Crippen LogP contribution in [0.5, 0.6) is 0 Å². The summed E-state index contributed by atoms with van der Waals surface area (Å²) in [6.45, 7) is 1.31. The Hall–Kier alpha value is -2.08. The van der Waals surface area contributed by atoms with Gasteiger partial charge in [0.1, 0.15) is 0 Å². The van der Waals surface area contributed by atoms with Crippen LogP contribution in [0.25, 0.3) is 0 Å². The van der Waals surface area contributed by atoms with Crippen molar-refractivity contribution in [3.63, 3.8) is 0 Å². The molecule has 2 heterocycles. The summed E-state index contributed by atoms with van der Waals surface area (Å²) >= 11 is 1.78. The van der Waals surface area contributed by atoms with Gasteiger partial charge in [0.25, 0.3) is 0 Å². The normalized spacial score (nSPS) is 16.4. The van der Waals surface area contributed by atoms with E-state index < -0.39 is 0 Å². The third kappa shape index (κ3) is 4.26. The molecule has 0 saturated carbocycles. The number of nitrogens with zero attached hydrogens (tertiary/aromatic N) is 1. The van der Waals surface area contributed by atoms with Crippen molar-refractivity contribution in [3.8, 4) is 0 Å². The van der Waals surface area contributed by atoms with E-state index in [2.05, 4.69) is 22.1 Å². The average Bonchev–Trinajstić information content (AvgIpc) is 3.06. The molecular weight excluding hydrogens is 322 g/mol. The van der Waals surface area contributed by atoms with Gasteiger partial charge < -0.3 is 15.2 Å². The molecule has 5 nitrogen and oxygen atoms in total. The van der Waals surface area contributed by atoms with Gasteiger partial charge in [0.05, 0.1) is 6.04 Å². The number of hydrogen-bond donors (Lipinski definition) is 2. The zero-order chi connectivity index (χ0) is 16.8. The van der Waals surface area contributed by atoms with Crippen molar-refractivity contribution >= 4 is 17.4 Å². The number of thiophene rings is 1. The Balaban J connectivity index is 1.36. The SMILES string of the molecule is O=C(NCCCCn1ccccc1=O)N[C@H]1CCCc2sccc21. The van der Waals surface area contributed by atoms with Crippen molar-refractivity contribution in [1.29, 1.82) is 0 Å². The number of urea groups is 1. The molecule has 24 heavy (non-hydrogen) atoms. The van der Waals surface area contributed by atoms with Crippen LogP contribution >= 0.6 is 11.3 Å². The fraction of sp³-hybridized carbons (Fsp3) is 0.444. The summed E-state index contributed by atoms with van der Waals surface area (Å²) in [4.78, 5) is 25.0. The molecule has 0 unspecified atom stereocenters. The maximum absolute atomic E-state index is 12.1. The maximum atomic E-state index is 12.1. The quantitative estimate of drug-likeness (QED) is 0.790. The molecule has 0 saturated heterocycles. The number of amides is 2. The van der Waals surface area contributed by atoms with E-state index in [9.17, 15) is 9.59 Å². The van der Waals surface area contributed by atoms with Crippen LogP contribution in [0, 0.1) is 0 Å². The monoisotopic (exact) mass is 345 g/mol. The number of carbonyl (C=O) groups is 1. The summed E-state index contributed by atoms with van der Waals surface area (Å²) < 4.78 is 1.69. The van der Waals surface area contributed by atoms with E-state index in [1.54, 1.807) is 34.2 Å². The number of nitrogens with one attached hydrogen (secondary N) is 2. The Morgan fingerprint density at radius 2 is 2.21 bits per heavy atom. The fourth-order valence-electron chi connectivity index (χ4n) is 3.10. The number of aryl methyl sites for hydroxylation is 2. The third-order valence-corrected chi connectivity index (χ3v) is 5.36. The van der Waals surface area contributed by atoms with E-state index in [1.165, 1.54) is 10.4 Å². The van der Waals surface area contributed by atoms with Crippen LogP contribution < -0.4 is 16.2 Å². The summed E-state index contributed by atoms with van der Waals surface area (Å²) in [7, 11) is 0. The first-order valence-electron chi connectivity index (χ1n) is 8.50. The molecule has 1 aliphatic carbocycles. The minimum atomic E-state index is -0.101. The average molecular weight is 345 g/mol. The second-order valence-electron chi connectivity index (χ2n) is 6.08. The Morgan fingerprint density at radius 3 is 3.08 bits per heavy atom. The number of aromatic nitrogens is 1. The molecular formula is C18H23N3O2S. The van der Waals surface area contributed by atoms with Gasteiger partial charge in [-0.25, -0.2) is 4.79 Å². The summed E-state index contributed by atoms with van der Waals surface area (Å²) in [5.74, 6) is 0. The predicted octanol–water partition coefficient (Wildman–Crippen LogP) is 3.07. The first-order valence-corrected chi connectivity index (χ1v) is 9.38. The number of carbonyl (C=O) groups excluding carboxylic acids is 1. The molecule has 0 aliphatic heterocycles. The highest BCUT2D eigenvalue weighted by Crippen LogP contribution is 2.33. The minimum Gasteiger partial charge on any atom is -0.338 e. The summed E-state index contributed by atoms with van der Waals surface area (Å²) in [6, 6.07) is 7.33. The number of pyridine rings is 1. The van der Waals surface area contributed by atoms with Crippen molar-refractivity contribution in [1.82, 2.24) is 15.2 Å². The molecule has 0 bridgehead atoms. The van der Waals surface area contributed by atoms with E-state index in [1.807, 2.05) is 6.07 Å². The lowest BCUT2D eigenvalue weighted by Crippen LogP contribution is -2.39. The third-order valence-electron chi connectivity index (χ3n) is 4.37. The van der Waals surface area contributed by atoms with Gasteiger partial charge in [-0.15, -0.1) is 11.3 Å². The van der Waals surface area contributed by atoms with E-state index >= 15 is 0 Å². The van der Waals surface area contributed by atoms with Crippen LogP contribution in [0.1, 0.15) is 42.2 Å². The first-order chi connectivity index (χ1) is 11.7. The van der Waals surface area contributed by atoms with Crippen LogP contribution in [-0.2, 0) is 13.0 Å². The van der Waals surface area contributed by atoms with Gasteiger partial charge in [-0.1, -0.05) is 6.07 Å². The Kier molecular flexibility index (Phi) is 5.69. The molecule has 0 radical (unpaired) electrons. The molecule has 2 aromatic heterocycles. The minimum absolute atomic E-state index is 0.0204. The molecule has 2 N–H and O–H groups in total. The standard InChI is InChI=1S/C18H23N3O2S/c22-17-8-1-3-11-21(17)12-4-2-10-19-18(23)20-15-6-5-7-16-14(15)9-13-24-16/h1,3,8-9,11,13,15H,2,4-7,10,12H2,(H2,19,20,23)/t15-/m0/s1. The van der Waals surface area contributed by atoms with Crippen LogP contribution in [0.3, 0.4) is 0 Å². The fourth-order valence-corrected chi connectivity index (χ4v) is 4.09. The van der Waals surface area contributed by atoms with Gasteiger partial charge in [0, 0.05) is 30.2 Å². The van der Waals surface area contributed by atoms with Crippen LogP contribution in [0.15, 0.2) is 40.6 Å². The highest BCUT2D eigenvalue weighted by Gasteiger charge is 2.22. The van der Waals surface area contributed by atoms with Gasteiger partial charge in [0.2, 0.25) is 5.56 Å². The van der Waals surface area contributed by atoms with Crippen molar-refractivity contribution in [2.24, 2.45) is 0 Å². The molecule has 2 aromatic rings. The highest BCUT2D eigenvalue weighted by atomic mass is 32.1. The highest BCUT2D eigenvalue weighted by molar-refractivity contribution is 7.10. The second-order valence-corrected chi connectivity index (χ2v) is 7.08. The number of fused-ring (bicyclic) bond motifs is 1. The summed E-state index contributed by atoms with van der Waals surface area (Å²) in [5.41, 5.74) is 1.30. The largest absolute Gasteiger partial charge is 0.338 e. The van der Waals surface area contributed by atoms with Gasteiger partial charge in [-0.2, -0.15) is 0 Å². The summed E-state index contributed by atoms with van der Waals surface area (Å²) in [6.07, 6.45) is 6.78. The molecule has 1 aliphatic rings. The number of rotatable bonds is 6. The summed E-state index contributed by atoms with van der Waals surface area (Å²) in [5, 5.41) is 8.11. The first kappa shape index (κ1) is 16.8. The van der Waals surface area contributed by atoms with Crippen molar-refractivity contribution in [2.75, 3.05) is 6.54 Å². The van der Waals surface area contributed by atoms with Crippen molar-refractivity contribution in [2.45, 2.75) is 44.7 Å². The predicted molar refractivity (Wildman–Crippen MR) is 96.5 cm³/mol. The number of hydrogen-bond acceptors (Lipinski definition) is 3.